The molecule has 0 aliphatic carbocycles. The molecule has 1 amide bonds. The summed E-state index contributed by atoms with van der Waals surface area (Å²) in [5.41, 5.74) is 6.39. The van der Waals surface area contributed by atoms with E-state index >= 15 is 0 Å². The van der Waals surface area contributed by atoms with Gasteiger partial charge in [0, 0.05) is 11.8 Å². The molecule has 0 fully saturated rings. The van der Waals surface area contributed by atoms with E-state index in [1.54, 1.807) is 0 Å². The number of carbonyl (C=O) groups is 1. The minimum atomic E-state index is -0.0156. The molecule has 0 aromatic carbocycles. The van der Waals surface area contributed by atoms with E-state index in [0.29, 0.717) is 11.4 Å². The number of aryl methyl sites for hydroxylation is 1. The summed E-state index contributed by atoms with van der Waals surface area (Å²) in [4.78, 5) is 13.7. The lowest BCUT2D eigenvalue weighted by Gasteiger charge is -2.11. The molecule has 0 saturated carbocycles. The van der Waals surface area contributed by atoms with Gasteiger partial charge in [0.2, 0.25) is 0 Å². The summed E-state index contributed by atoms with van der Waals surface area (Å²) in [6, 6.07) is 2.07. The zero-order chi connectivity index (χ0) is 14.3. The number of rotatable bonds is 5. The van der Waals surface area contributed by atoms with E-state index in [-0.39, 0.29) is 11.9 Å². The summed E-state index contributed by atoms with van der Waals surface area (Å²) in [7, 11) is 0. The fraction of sp³-hybridized carbons (Fsp3) is 0.500. The highest BCUT2D eigenvalue weighted by Crippen LogP contribution is 2.21. The van der Waals surface area contributed by atoms with Crippen molar-refractivity contribution < 1.29 is 4.79 Å². The largest absolute Gasteiger partial charge is 0.348 e. The number of nitrogens with two attached hydrogens (primary N) is 1. The second-order valence-electron chi connectivity index (χ2n) is 4.16. The number of hydrogen-bond acceptors (Lipinski definition) is 4. The standard InChI is InChI=1S/C14H20N2OS2/c1-4-18-9-11(3)16-14(17)13-8-10(2)12(19-13)6-5-7-15/h8,11H,4,7,9,15H2,1-3H3,(H,16,17). The van der Waals surface area contributed by atoms with Gasteiger partial charge in [-0.3, -0.25) is 4.79 Å². The van der Waals surface area contributed by atoms with E-state index < -0.39 is 0 Å². The molecular formula is C14H20N2OS2. The minimum Gasteiger partial charge on any atom is -0.348 e. The summed E-state index contributed by atoms with van der Waals surface area (Å²) in [6.07, 6.45) is 0. The average Bonchev–Trinajstić information content (AvgIpc) is 2.75. The van der Waals surface area contributed by atoms with Crippen LogP contribution in [0.5, 0.6) is 0 Å². The zero-order valence-electron chi connectivity index (χ0n) is 11.6. The predicted molar refractivity (Wildman–Crippen MR) is 84.9 cm³/mol. The highest BCUT2D eigenvalue weighted by Gasteiger charge is 2.13. The maximum Gasteiger partial charge on any atom is 0.261 e. The molecule has 1 unspecified atom stereocenters. The van der Waals surface area contributed by atoms with Crippen LogP contribution in [-0.2, 0) is 0 Å². The van der Waals surface area contributed by atoms with Gasteiger partial charge in [-0.2, -0.15) is 11.8 Å². The summed E-state index contributed by atoms with van der Waals surface area (Å²) in [5.74, 6) is 7.80. The van der Waals surface area contributed by atoms with Gasteiger partial charge in [0.1, 0.15) is 0 Å². The molecule has 1 rings (SSSR count). The Bertz CT molecular complexity index is 485. The van der Waals surface area contributed by atoms with E-state index in [2.05, 4.69) is 24.1 Å². The maximum atomic E-state index is 12.1. The third-order valence-corrected chi connectivity index (χ3v) is 4.69. The Hall–Kier alpha value is -0.960. The van der Waals surface area contributed by atoms with Crippen molar-refractivity contribution in [2.24, 2.45) is 5.73 Å². The van der Waals surface area contributed by atoms with Crippen molar-refractivity contribution in [1.82, 2.24) is 5.32 Å². The topological polar surface area (TPSA) is 55.1 Å². The van der Waals surface area contributed by atoms with Gasteiger partial charge in [-0.25, -0.2) is 0 Å². The van der Waals surface area contributed by atoms with Crippen LogP contribution in [-0.4, -0.2) is 30.0 Å². The lowest BCUT2D eigenvalue weighted by Crippen LogP contribution is -2.33. The molecule has 0 saturated heterocycles. The monoisotopic (exact) mass is 296 g/mol. The Morgan fingerprint density at radius 2 is 2.37 bits per heavy atom. The Labute approximate surface area is 123 Å². The fourth-order valence-corrected chi connectivity index (χ4v) is 3.10. The SMILES string of the molecule is CCSCC(C)NC(=O)c1cc(C)c(C#CCN)s1. The quantitative estimate of drug-likeness (QED) is 0.819. The van der Waals surface area contributed by atoms with Crippen LogP contribution >= 0.6 is 23.1 Å². The molecule has 1 atom stereocenters. The predicted octanol–water partition coefficient (Wildman–Crippen LogP) is 2.24. The van der Waals surface area contributed by atoms with Crippen LogP contribution in [0, 0.1) is 18.8 Å². The molecule has 5 heteroatoms. The number of carbonyl (C=O) groups excluding carboxylic acids is 1. The number of nitrogens with one attached hydrogen (secondary N) is 1. The van der Waals surface area contributed by atoms with Crippen molar-refractivity contribution in [3.63, 3.8) is 0 Å². The van der Waals surface area contributed by atoms with Crippen molar-refractivity contribution in [3.05, 3.63) is 21.4 Å². The molecule has 104 valence electrons. The van der Waals surface area contributed by atoms with Crippen molar-refractivity contribution in [1.29, 1.82) is 0 Å². The van der Waals surface area contributed by atoms with Crippen LogP contribution < -0.4 is 11.1 Å². The first-order chi connectivity index (χ1) is 9.08. The van der Waals surface area contributed by atoms with Crippen LogP contribution in [0.2, 0.25) is 0 Å². The van der Waals surface area contributed by atoms with Crippen molar-refractivity contribution in [2.45, 2.75) is 26.8 Å². The minimum absolute atomic E-state index is 0.0156. The number of thiophene rings is 1. The van der Waals surface area contributed by atoms with E-state index in [4.69, 9.17) is 5.73 Å². The van der Waals surface area contributed by atoms with Gasteiger partial charge in [-0.05, 0) is 31.2 Å². The number of hydrogen-bond donors (Lipinski definition) is 2. The second kappa shape index (κ2) is 8.26. The first kappa shape index (κ1) is 16.1. The van der Waals surface area contributed by atoms with Crippen LogP contribution in [0.3, 0.4) is 0 Å². The molecule has 0 radical (unpaired) electrons. The zero-order valence-corrected chi connectivity index (χ0v) is 13.2. The average molecular weight is 296 g/mol. The Balaban J connectivity index is 2.67. The van der Waals surface area contributed by atoms with Gasteiger partial charge in [0.25, 0.3) is 5.91 Å². The van der Waals surface area contributed by atoms with Crippen LogP contribution in [0.25, 0.3) is 0 Å². The number of amides is 1. The van der Waals surface area contributed by atoms with Crippen LogP contribution in [0.15, 0.2) is 6.07 Å². The van der Waals surface area contributed by atoms with Crippen LogP contribution in [0.4, 0.5) is 0 Å². The highest BCUT2D eigenvalue weighted by atomic mass is 32.2. The van der Waals surface area contributed by atoms with E-state index in [9.17, 15) is 4.79 Å². The summed E-state index contributed by atoms with van der Waals surface area (Å²) < 4.78 is 0. The smallest absolute Gasteiger partial charge is 0.261 e. The molecule has 19 heavy (non-hydrogen) atoms. The normalized spacial score (nSPS) is 11.6. The van der Waals surface area contributed by atoms with E-state index in [1.165, 1.54) is 11.3 Å². The lowest BCUT2D eigenvalue weighted by atomic mass is 10.2. The van der Waals surface area contributed by atoms with Gasteiger partial charge in [0.05, 0.1) is 16.3 Å². The van der Waals surface area contributed by atoms with Crippen molar-refractivity contribution >= 4 is 29.0 Å². The fourth-order valence-electron chi connectivity index (χ4n) is 1.48. The first-order valence-electron chi connectivity index (χ1n) is 6.26. The van der Waals surface area contributed by atoms with E-state index in [0.717, 1.165) is 21.9 Å². The van der Waals surface area contributed by atoms with Gasteiger partial charge < -0.3 is 11.1 Å². The molecule has 1 aromatic heterocycles. The Kier molecular flexibility index (Phi) is 7.00. The lowest BCUT2D eigenvalue weighted by molar-refractivity contribution is 0.0948. The van der Waals surface area contributed by atoms with Gasteiger partial charge >= 0.3 is 0 Å². The maximum absolute atomic E-state index is 12.1. The summed E-state index contributed by atoms with van der Waals surface area (Å²) in [5, 5.41) is 3.01. The Morgan fingerprint density at radius 1 is 1.63 bits per heavy atom. The molecule has 0 bridgehead atoms. The molecule has 0 aliphatic rings. The summed E-state index contributed by atoms with van der Waals surface area (Å²) in [6.45, 7) is 6.44. The second-order valence-corrected chi connectivity index (χ2v) is 6.53. The summed E-state index contributed by atoms with van der Waals surface area (Å²) >= 11 is 3.25. The number of thioether (sulfide) groups is 1. The third-order valence-electron chi connectivity index (χ3n) is 2.40. The molecule has 1 heterocycles. The molecule has 3 N–H and O–H groups in total. The molecule has 1 aromatic rings. The Morgan fingerprint density at radius 3 is 3.00 bits per heavy atom. The third kappa shape index (κ3) is 5.27. The molecular weight excluding hydrogens is 276 g/mol. The van der Waals surface area contributed by atoms with Crippen molar-refractivity contribution in [2.75, 3.05) is 18.1 Å². The first-order valence-corrected chi connectivity index (χ1v) is 8.23. The van der Waals surface area contributed by atoms with Gasteiger partial charge in [0.15, 0.2) is 0 Å². The molecule has 0 spiro atoms. The molecule has 0 aliphatic heterocycles. The molecule has 3 nitrogen and oxygen atoms in total. The van der Waals surface area contributed by atoms with Gasteiger partial charge in [-0.1, -0.05) is 18.8 Å². The van der Waals surface area contributed by atoms with Crippen molar-refractivity contribution in [3.8, 4) is 11.8 Å². The van der Waals surface area contributed by atoms with Crippen LogP contribution in [0.1, 0.15) is 34.0 Å². The van der Waals surface area contributed by atoms with E-state index in [1.807, 2.05) is 31.7 Å². The van der Waals surface area contributed by atoms with Gasteiger partial charge in [-0.15, -0.1) is 11.3 Å². The highest BCUT2D eigenvalue weighted by molar-refractivity contribution is 7.99.